The zero-order valence-electron chi connectivity index (χ0n) is 15.0. The second kappa shape index (κ2) is 8.79. The molecular formula is C17H34N2O3S. The fraction of sp³-hybridized carbons (Fsp3) is 1.00. The van der Waals surface area contributed by atoms with Crippen LogP contribution in [0.15, 0.2) is 0 Å². The molecule has 0 aromatic rings. The summed E-state index contributed by atoms with van der Waals surface area (Å²) in [7, 11) is -3.18. The smallest absolute Gasteiger partial charge is 0.216 e. The van der Waals surface area contributed by atoms with Gasteiger partial charge in [-0.3, -0.25) is 0 Å². The van der Waals surface area contributed by atoms with E-state index in [2.05, 4.69) is 11.8 Å². The predicted octanol–water partition coefficient (Wildman–Crippen LogP) is 2.33. The molecule has 0 radical (unpaired) electrons. The topological polar surface area (TPSA) is 49.9 Å². The Bertz CT molecular complexity index is 453. The first-order chi connectivity index (χ1) is 10.9. The molecule has 23 heavy (non-hydrogen) atoms. The summed E-state index contributed by atoms with van der Waals surface area (Å²) in [5, 5.41) is 0. The summed E-state index contributed by atoms with van der Waals surface area (Å²) in [5.74, 6) is 0.586. The molecule has 2 heterocycles. The van der Waals surface area contributed by atoms with Gasteiger partial charge in [-0.15, -0.1) is 0 Å². The van der Waals surface area contributed by atoms with Crippen molar-refractivity contribution in [2.75, 3.05) is 38.5 Å². The van der Waals surface area contributed by atoms with Gasteiger partial charge >= 0.3 is 0 Å². The summed E-state index contributed by atoms with van der Waals surface area (Å²) in [4.78, 5) is 2.56. The minimum atomic E-state index is -3.18. The number of nitrogens with zero attached hydrogens (tertiary/aromatic N) is 2. The molecule has 0 saturated carbocycles. The van der Waals surface area contributed by atoms with Gasteiger partial charge in [0.25, 0.3) is 0 Å². The molecule has 0 aliphatic carbocycles. The monoisotopic (exact) mass is 346 g/mol. The van der Waals surface area contributed by atoms with Gasteiger partial charge in [0.1, 0.15) is 0 Å². The molecule has 2 saturated heterocycles. The van der Waals surface area contributed by atoms with Crippen molar-refractivity contribution in [2.24, 2.45) is 5.92 Å². The average Bonchev–Trinajstić information content (AvgIpc) is 2.49. The maximum absolute atomic E-state index is 12.5. The summed E-state index contributed by atoms with van der Waals surface area (Å²) < 4.78 is 32.1. The van der Waals surface area contributed by atoms with E-state index in [1.54, 1.807) is 4.31 Å². The summed E-state index contributed by atoms with van der Waals surface area (Å²) in [6.07, 6.45) is 6.11. The van der Waals surface area contributed by atoms with Crippen LogP contribution < -0.4 is 0 Å². The lowest BCUT2D eigenvalue weighted by molar-refractivity contribution is 0.0898. The molecular weight excluding hydrogens is 312 g/mol. The van der Waals surface area contributed by atoms with Gasteiger partial charge in [-0.2, -0.15) is 0 Å². The Labute approximate surface area is 142 Å². The molecule has 5 nitrogen and oxygen atoms in total. The normalized spacial score (nSPS) is 28.3. The lowest BCUT2D eigenvalue weighted by Crippen LogP contribution is -2.47. The van der Waals surface area contributed by atoms with Crippen LogP contribution in [0.1, 0.15) is 52.9 Å². The predicted molar refractivity (Wildman–Crippen MR) is 94.1 cm³/mol. The minimum Gasteiger partial charge on any atom is -0.378 e. The molecule has 2 aliphatic rings. The maximum Gasteiger partial charge on any atom is 0.216 e. The van der Waals surface area contributed by atoms with Crippen LogP contribution in [-0.4, -0.2) is 68.3 Å². The molecule has 136 valence electrons. The molecule has 2 atom stereocenters. The van der Waals surface area contributed by atoms with E-state index in [1.165, 1.54) is 25.8 Å². The van der Waals surface area contributed by atoms with Crippen molar-refractivity contribution in [3.05, 3.63) is 0 Å². The Kier molecular flexibility index (Phi) is 7.32. The largest absolute Gasteiger partial charge is 0.378 e. The second-order valence-electron chi connectivity index (χ2n) is 7.44. The van der Waals surface area contributed by atoms with Gasteiger partial charge in [0, 0.05) is 25.7 Å². The molecule has 2 fully saturated rings. The van der Waals surface area contributed by atoms with Crippen LogP contribution >= 0.6 is 0 Å². The van der Waals surface area contributed by atoms with Crippen LogP contribution in [0.2, 0.25) is 0 Å². The third-order valence-electron chi connectivity index (χ3n) is 5.10. The van der Waals surface area contributed by atoms with Crippen molar-refractivity contribution in [3.63, 3.8) is 0 Å². The van der Waals surface area contributed by atoms with Gasteiger partial charge in [-0.25, -0.2) is 12.7 Å². The average molecular weight is 347 g/mol. The maximum atomic E-state index is 12.5. The van der Waals surface area contributed by atoms with Crippen molar-refractivity contribution >= 4 is 10.0 Å². The lowest BCUT2D eigenvalue weighted by atomic mass is 9.96. The van der Waals surface area contributed by atoms with E-state index in [1.807, 2.05) is 13.8 Å². The molecule has 0 aromatic carbocycles. The highest BCUT2D eigenvalue weighted by atomic mass is 32.2. The van der Waals surface area contributed by atoms with Crippen molar-refractivity contribution in [3.8, 4) is 0 Å². The molecule has 0 aromatic heterocycles. The van der Waals surface area contributed by atoms with Crippen LogP contribution in [0.4, 0.5) is 0 Å². The van der Waals surface area contributed by atoms with Gasteiger partial charge in [-0.1, -0.05) is 6.42 Å². The highest BCUT2D eigenvalue weighted by Gasteiger charge is 2.30. The Morgan fingerprint density at radius 1 is 1.13 bits per heavy atom. The first-order valence-electron chi connectivity index (χ1n) is 9.22. The van der Waals surface area contributed by atoms with E-state index in [9.17, 15) is 8.42 Å². The number of hydrogen-bond donors (Lipinski definition) is 0. The third kappa shape index (κ3) is 6.00. The van der Waals surface area contributed by atoms with Crippen LogP contribution in [0.5, 0.6) is 0 Å². The highest BCUT2D eigenvalue weighted by Crippen LogP contribution is 2.24. The molecule has 6 heteroatoms. The van der Waals surface area contributed by atoms with Crippen LogP contribution in [0.25, 0.3) is 0 Å². The SMILES string of the molecule is CC(C)OCCS(=O)(=O)N1CCC[C@H](CN2CCCC[C@H]2C)C1. The molecule has 2 aliphatic heterocycles. The van der Waals surface area contributed by atoms with Gasteiger partial charge in [0.05, 0.1) is 18.5 Å². The van der Waals surface area contributed by atoms with Gasteiger partial charge in [0.15, 0.2) is 0 Å². The minimum absolute atomic E-state index is 0.0832. The lowest BCUT2D eigenvalue weighted by Gasteiger charge is -2.39. The van der Waals surface area contributed by atoms with E-state index in [0.717, 1.165) is 19.4 Å². The van der Waals surface area contributed by atoms with E-state index in [-0.39, 0.29) is 11.9 Å². The van der Waals surface area contributed by atoms with Crippen molar-refractivity contribution < 1.29 is 13.2 Å². The Morgan fingerprint density at radius 2 is 1.91 bits per heavy atom. The van der Waals surface area contributed by atoms with Crippen LogP contribution in [0.3, 0.4) is 0 Å². The summed E-state index contributed by atoms with van der Waals surface area (Å²) in [6.45, 7) is 10.1. The van der Waals surface area contributed by atoms with E-state index in [4.69, 9.17) is 4.74 Å². The Morgan fingerprint density at radius 3 is 2.61 bits per heavy atom. The second-order valence-corrected chi connectivity index (χ2v) is 9.53. The number of likely N-dealkylation sites (tertiary alicyclic amines) is 1. The Balaban J connectivity index is 1.84. The highest BCUT2D eigenvalue weighted by molar-refractivity contribution is 7.89. The first-order valence-corrected chi connectivity index (χ1v) is 10.8. The number of sulfonamides is 1. The van der Waals surface area contributed by atoms with Crippen molar-refractivity contribution in [2.45, 2.75) is 65.0 Å². The van der Waals surface area contributed by atoms with Crippen LogP contribution in [-0.2, 0) is 14.8 Å². The summed E-state index contributed by atoms with van der Waals surface area (Å²) >= 11 is 0. The fourth-order valence-electron chi connectivity index (χ4n) is 3.71. The van der Waals surface area contributed by atoms with E-state index < -0.39 is 10.0 Å². The third-order valence-corrected chi connectivity index (χ3v) is 6.90. The molecule has 0 amide bonds. The Hall–Kier alpha value is -0.170. The summed E-state index contributed by atoms with van der Waals surface area (Å²) in [5.41, 5.74) is 0. The fourth-order valence-corrected chi connectivity index (χ4v) is 5.12. The summed E-state index contributed by atoms with van der Waals surface area (Å²) in [6, 6.07) is 0.648. The first kappa shape index (κ1) is 19.2. The van der Waals surface area contributed by atoms with E-state index >= 15 is 0 Å². The quantitative estimate of drug-likeness (QED) is 0.710. The van der Waals surface area contributed by atoms with Crippen molar-refractivity contribution in [1.82, 2.24) is 9.21 Å². The van der Waals surface area contributed by atoms with Gasteiger partial charge in [0.2, 0.25) is 10.0 Å². The zero-order valence-corrected chi connectivity index (χ0v) is 15.9. The zero-order chi connectivity index (χ0) is 16.9. The number of piperidine rings is 2. The number of hydrogen-bond acceptors (Lipinski definition) is 4. The van der Waals surface area contributed by atoms with Gasteiger partial charge in [-0.05, 0) is 58.9 Å². The molecule has 0 bridgehead atoms. The van der Waals surface area contributed by atoms with Crippen molar-refractivity contribution in [1.29, 1.82) is 0 Å². The number of ether oxygens (including phenoxy) is 1. The molecule has 0 N–H and O–H groups in total. The molecule has 2 rings (SSSR count). The molecule has 0 unspecified atom stereocenters. The molecule has 0 spiro atoms. The number of rotatable bonds is 7. The van der Waals surface area contributed by atoms with Gasteiger partial charge < -0.3 is 9.64 Å². The van der Waals surface area contributed by atoms with E-state index in [0.29, 0.717) is 31.7 Å². The van der Waals surface area contributed by atoms with Crippen LogP contribution in [0, 0.1) is 5.92 Å². The standard InChI is InChI=1S/C17H34N2O3S/c1-15(2)22-11-12-23(20,21)19-10-6-8-17(14-19)13-18-9-5-4-7-16(18)3/h15-17H,4-14H2,1-3H3/t16-,17-/m1/s1.